The van der Waals surface area contributed by atoms with Crippen molar-refractivity contribution >= 4 is 23.5 Å². The smallest absolute Gasteiger partial charge is 0.335 e. The number of hydrogen-bond donors (Lipinski definition) is 5. The van der Waals surface area contributed by atoms with Crippen LogP contribution in [-0.4, -0.2) is 112 Å². The number of carboxylic acid groups (broad SMARTS) is 2. The van der Waals surface area contributed by atoms with Crippen molar-refractivity contribution in [3.8, 4) is 0 Å². The lowest BCUT2D eigenvalue weighted by atomic mass is 10.0. The highest BCUT2D eigenvalue weighted by Gasteiger charge is 2.30. The molecule has 0 unspecified atom stereocenters. The van der Waals surface area contributed by atoms with Crippen molar-refractivity contribution in [1.29, 1.82) is 0 Å². The van der Waals surface area contributed by atoms with E-state index < -0.39 is 24.1 Å². The lowest BCUT2D eigenvalue weighted by Gasteiger charge is -2.39. The van der Waals surface area contributed by atoms with Gasteiger partial charge in [0.2, 0.25) is 5.91 Å². The predicted molar refractivity (Wildman–Crippen MR) is 172 cm³/mol. The molecular weight excluding hydrogens is 613 g/mol. The Hall–Kier alpha value is -3.62. The minimum absolute atomic E-state index is 0.0880. The Kier molecular flexibility index (Phi) is 15.5. The van der Waals surface area contributed by atoms with Crippen LogP contribution in [0.25, 0.3) is 0 Å². The van der Waals surface area contributed by atoms with Gasteiger partial charge < -0.3 is 45.0 Å². The number of halogens is 1. The van der Waals surface area contributed by atoms with Crippen molar-refractivity contribution in [3.05, 3.63) is 65.5 Å². The number of aliphatic hydroxyl groups is 2. The molecular formula is C34H48FN3O9. The van der Waals surface area contributed by atoms with Crippen LogP contribution >= 0.6 is 0 Å². The number of rotatable bonds is 14. The number of carboxylic acids is 2. The summed E-state index contributed by atoms with van der Waals surface area (Å²) < 4.78 is 24.9. The van der Waals surface area contributed by atoms with Gasteiger partial charge in [-0.2, -0.15) is 0 Å². The van der Waals surface area contributed by atoms with Gasteiger partial charge in [0.15, 0.2) is 18.5 Å². The lowest BCUT2D eigenvalue weighted by Crippen LogP contribution is -2.48. The Balaban J connectivity index is 0.000000520. The molecule has 2 fully saturated rings. The molecule has 0 bridgehead atoms. The molecule has 0 saturated carbocycles. The molecule has 47 heavy (non-hydrogen) atoms. The summed E-state index contributed by atoms with van der Waals surface area (Å²) in [4.78, 5) is 37.6. The van der Waals surface area contributed by atoms with Crippen LogP contribution in [0.15, 0.2) is 48.5 Å². The maximum atomic E-state index is 13.6. The van der Waals surface area contributed by atoms with E-state index in [4.69, 9.17) is 29.9 Å². The Bertz CT molecular complexity index is 1230. The largest absolute Gasteiger partial charge is 0.479 e. The average molecular weight is 662 g/mol. The van der Waals surface area contributed by atoms with Gasteiger partial charge in [-0.15, -0.1) is 0 Å². The normalized spacial score (nSPS) is 17.3. The van der Waals surface area contributed by atoms with Gasteiger partial charge in [-0.1, -0.05) is 38.1 Å². The number of benzene rings is 2. The number of aliphatic carboxylic acids is 2. The van der Waals surface area contributed by atoms with Crippen LogP contribution in [0.3, 0.4) is 0 Å². The zero-order chi connectivity index (χ0) is 34.3. The molecule has 2 aromatic carbocycles. The maximum absolute atomic E-state index is 13.6. The third-order valence-electron chi connectivity index (χ3n) is 7.99. The van der Waals surface area contributed by atoms with E-state index in [2.05, 4.69) is 24.1 Å². The number of nitrogens with zero attached hydrogens (tertiary/aromatic N) is 2. The van der Waals surface area contributed by atoms with Gasteiger partial charge in [-0.3, -0.25) is 4.79 Å². The number of nitrogens with one attached hydrogen (secondary N) is 1. The molecule has 0 spiro atoms. The number of aliphatic hydroxyl groups excluding tert-OH is 2. The summed E-state index contributed by atoms with van der Waals surface area (Å²) in [6.45, 7) is 10.2. The summed E-state index contributed by atoms with van der Waals surface area (Å²) in [6.07, 6.45) is -0.550. The standard InChI is InChI=1S/C30H42FN3O3.C4H6O6/c1-23(2)21-32-27-10-6-24(7-11-27)20-29(35)34(22-25-4-8-26(31)9-5-25)28-12-15-33(16-13-28)17-14-30-36-18-3-19-37-30;5-1(3(7)8)2(6)4(9)10/h4-11,23,28,30,32H,3,12-22H2,1-2H3;1-2,5-6H,(H,7,8)(H,9,10)/t;1-,2-/m.1/s1. The minimum atomic E-state index is -2.27. The summed E-state index contributed by atoms with van der Waals surface area (Å²) in [5, 5.41) is 36.0. The second-order valence-electron chi connectivity index (χ2n) is 12.2. The van der Waals surface area contributed by atoms with Crippen molar-refractivity contribution in [3.63, 3.8) is 0 Å². The third-order valence-corrected chi connectivity index (χ3v) is 7.99. The van der Waals surface area contributed by atoms with E-state index in [-0.39, 0.29) is 24.1 Å². The van der Waals surface area contributed by atoms with Gasteiger partial charge in [0, 0.05) is 50.9 Å². The zero-order valence-corrected chi connectivity index (χ0v) is 27.1. The molecule has 260 valence electrons. The first-order valence-corrected chi connectivity index (χ1v) is 16.1. The van der Waals surface area contributed by atoms with Crippen LogP contribution in [-0.2, 0) is 36.8 Å². The Morgan fingerprint density at radius 2 is 1.47 bits per heavy atom. The zero-order valence-electron chi connectivity index (χ0n) is 27.1. The van der Waals surface area contributed by atoms with Gasteiger partial charge in [0.1, 0.15) is 5.82 Å². The Morgan fingerprint density at radius 1 is 0.915 bits per heavy atom. The number of piperidine rings is 1. The molecule has 2 saturated heterocycles. The van der Waals surface area contributed by atoms with Crippen LogP contribution in [0.4, 0.5) is 10.1 Å². The highest BCUT2D eigenvalue weighted by molar-refractivity contribution is 5.83. The van der Waals surface area contributed by atoms with Crippen LogP contribution in [0.5, 0.6) is 0 Å². The summed E-state index contributed by atoms with van der Waals surface area (Å²) in [5.74, 6) is -3.10. The van der Waals surface area contributed by atoms with Gasteiger partial charge in [0.05, 0.1) is 19.6 Å². The monoisotopic (exact) mass is 661 g/mol. The second-order valence-corrected chi connectivity index (χ2v) is 12.2. The van der Waals surface area contributed by atoms with E-state index in [0.717, 1.165) is 81.9 Å². The Labute approximate surface area is 275 Å². The molecule has 1 amide bonds. The van der Waals surface area contributed by atoms with Crippen molar-refractivity contribution < 1.29 is 48.7 Å². The fraction of sp³-hybridized carbons (Fsp3) is 0.559. The van der Waals surface area contributed by atoms with Gasteiger partial charge in [0.25, 0.3) is 0 Å². The van der Waals surface area contributed by atoms with Crippen LogP contribution < -0.4 is 5.32 Å². The number of anilines is 1. The molecule has 2 atom stereocenters. The summed E-state index contributed by atoms with van der Waals surface area (Å²) >= 11 is 0. The van der Waals surface area contributed by atoms with E-state index in [9.17, 15) is 18.8 Å². The van der Waals surface area contributed by atoms with E-state index in [1.54, 1.807) is 12.1 Å². The van der Waals surface area contributed by atoms with Gasteiger partial charge in [-0.25, -0.2) is 14.0 Å². The minimum Gasteiger partial charge on any atom is -0.479 e. The lowest BCUT2D eigenvalue weighted by molar-refractivity contribution is -0.183. The fourth-order valence-electron chi connectivity index (χ4n) is 5.26. The second kappa shape index (κ2) is 19.3. The molecule has 0 aromatic heterocycles. The Morgan fingerprint density at radius 3 is 2.00 bits per heavy atom. The van der Waals surface area contributed by atoms with Gasteiger partial charge >= 0.3 is 11.9 Å². The molecule has 2 aliphatic heterocycles. The third kappa shape index (κ3) is 13.2. The molecule has 12 nitrogen and oxygen atoms in total. The highest BCUT2D eigenvalue weighted by Crippen LogP contribution is 2.22. The summed E-state index contributed by atoms with van der Waals surface area (Å²) in [7, 11) is 0. The maximum Gasteiger partial charge on any atom is 0.335 e. The van der Waals surface area contributed by atoms with E-state index >= 15 is 0 Å². The molecule has 4 rings (SSSR count). The quantitative estimate of drug-likeness (QED) is 0.202. The fourth-order valence-corrected chi connectivity index (χ4v) is 5.26. The molecule has 5 N–H and O–H groups in total. The predicted octanol–water partition coefficient (Wildman–Crippen LogP) is 2.96. The number of likely N-dealkylation sites (tertiary alicyclic amines) is 1. The van der Waals surface area contributed by atoms with Crippen molar-refractivity contribution in [2.24, 2.45) is 5.92 Å². The van der Waals surface area contributed by atoms with Gasteiger partial charge in [-0.05, 0) is 60.6 Å². The van der Waals surface area contributed by atoms with E-state index in [0.29, 0.717) is 18.9 Å². The highest BCUT2D eigenvalue weighted by atomic mass is 19.1. The number of hydrogen-bond acceptors (Lipinski definition) is 9. The van der Waals surface area contributed by atoms with E-state index in [1.165, 1.54) is 12.1 Å². The summed E-state index contributed by atoms with van der Waals surface area (Å²) in [6, 6.07) is 14.8. The SMILES string of the molecule is CC(C)CNc1ccc(CC(=O)N(Cc2ccc(F)cc2)C2CCN(CCC3OCCCO3)CC2)cc1.O=C(O)[C@H](O)[C@@H](O)C(=O)O. The number of ether oxygens (including phenoxy) is 2. The van der Waals surface area contributed by atoms with E-state index in [1.807, 2.05) is 29.2 Å². The number of amides is 1. The molecule has 2 heterocycles. The topological polar surface area (TPSA) is 169 Å². The van der Waals surface area contributed by atoms with Crippen molar-refractivity contribution in [2.45, 2.75) is 77.0 Å². The molecule has 2 aliphatic rings. The number of carbonyl (C=O) groups excluding carboxylic acids is 1. The molecule has 13 heteroatoms. The first-order valence-electron chi connectivity index (χ1n) is 16.1. The average Bonchev–Trinajstić information content (AvgIpc) is 3.07. The number of carbonyl (C=O) groups is 3. The van der Waals surface area contributed by atoms with Crippen molar-refractivity contribution in [2.75, 3.05) is 44.7 Å². The van der Waals surface area contributed by atoms with Crippen LogP contribution in [0.1, 0.15) is 50.7 Å². The van der Waals surface area contributed by atoms with Crippen LogP contribution in [0.2, 0.25) is 0 Å². The first-order chi connectivity index (χ1) is 22.4. The molecule has 2 aromatic rings. The molecule has 0 aliphatic carbocycles. The van der Waals surface area contributed by atoms with Crippen molar-refractivity contribution in [1.82, 2.24) is 9.80 Å². The summed E-state index contributed by atoms with van der Waals surface area (Å²) in [5.41, 5.74) is 3.04. The van der Waals surface area contributed by atoms with Crippen LogP contribution in [0, 0.1) is 11.7 Å². The molecule has 0 radical (unpaired) electrons. The first kappa shape index (κ1) is 37.8.